The van der Waals surface area contributed by atoms with Crippen molar-refractivity contribution in [2.45, 2.75) is 12.7 Å². The number of halogens is 1. The molecule has 0 unspecified atom stereocenters. The summed E-state index contributed by atoms with van der Waals surface area (Å²) in [5.74, 6) is 0. The molecule has 112 valence electrons. The van der Waals surface area contributed by atoms with Crippen LogP contribution in [0.3, 0.4) is 0 Å². The molecule has 0 radical (unpaired) electrons. The Kier molecular flexibility index (Phi) is 6.81. The zero-order chi connectivity index (χ0) is 14.4. The lowest BCUT2D eigenvalue weighted by Crippen LogP contribution is -2.15. The van der Waals surface area contributed by atoms with Crippen molar-refractivity contribution in [2.75, 3.05) is 6.54 Å². The fourth-order valence-corrected chi connectivity index (χ4v) is 1.92. The van der Waals surface area contributed by atoms with E-state index in [1.807, 2.05) is 30.3 Å². The first kappa shape index (κ1) is 17.1. The highest BCUT2D eigenvalue weighted by atomic mass is 35.5. The number of ether oxygens (including phenoxy) is 1. The minimum Gasteiger partial charge on any atom is -0.368 e. The Morgan fingerprint density at radius 2 is 1.86 bits per heavy atom. The molecule has 0 aliphatic heterocycles. The van der Waals surface area contributed by atoms with Gasteiger partial charge in [-0.3, -0.25) is 10.1 Å². The number of nitro benzene ring substituents is 1. The predicted molar refractivity (Wildman–Crippen MR) is 83.4 cm³/mol. The standard InChI is InChI=1S/C15H16N2O3.ClH/c16-10-15(13-6-2-1-3-7-13)20-11-12-5-4-8-14(9-12)17(18)19;/h1-9,15H,10-11,16H2;1H/t15-;/m0./s1. The van der Waals surface area contributed by atoms with Gasteiger partial charge < -0.3 is 10.5 Å². The molecule has 0 fully saturated rings. The van der Waals surface area contributed by atoms with Gasteiger partial charge in [0, 0.05) is 18.7 Å². The molecule has 0 saturated carbocycles. The largest absolute Gasteiger partial charge is 0.368 e. The monoisotopic (exact) mass is 308 g/mol. The Morgan fingerprint density at radius 3 is 2.48 bits per heavy atom. The van der Waals surface area contributed by atoms with Crippen LogP contribution in [0.4, 0.5) is 5.69 Å². The van der Waals surface area contributed by atoms with Gasteiger partial charge in [-0.1, -0.05) is 42.5 Å². The molecule has 0 amide bonds. The summed E-state index contributed by atoms with van der Waals surface area (Å²) in [6, 6.07) is 16.1. The molecule has 21 heavy (non-hydrogen) atoms. The lowest BCUT2D eigenvalue weighted by atomic mass is 10.1. The van der Waals surface area contributed by atoms with Crippen LogP contribution < -0.4 is 5.73 Å². The van der Waals surface area contributed by atoms with Gasteiger partial charge in [0.05, 0.1) is 17.6 Å². The molecule has 0 saturated heterocycles. The summed E-state index contributed by atoms with van der Waals surface area (Å²) in [5.41, 5.74) is 7.54. The molecule has 2 rings (SSSR count). The van der Waals surface area contributed by atoms with E-state index >= 15 is 0 Å². The fraction of sp³-hybridized carbons (Fsp3) is 0.200. The van der Waals surface area contributed by atoms with E-state index in [1.165, 1.54) is 12.1 Å². The maximum absolute atomic E-state index is 10.7. The number of nitro groups is 1. The van der Waals surface area contributed by atoms with Gasteiger partial charge in [0.25, 0.3) is 5.69 Å². The number of rotatable bonds is 6. The molecular weight excluding hydrogens is 292 g/mol. The van der Waals surface area contributed by atoms with Crippen LogP contribution in [-0.4, -0.2) is 11.5 Å². The van der Waals surface area contributed by atoms with Crippen molar-refractivity contribution in [1.82, 2.24) is 0 Å². The zero-order valence-corrected chi connectivity index (χ0v) is 12.2. The van der Waals surface area contributed by atoms with E-state index in [0.717, 1.165) is 11.1 Å². The Balaban J connectivity index is 0.00000220. The average Bonchev–Trinajstić information content (AvgIpc) is 2.49. The second-order valence-electron chi connectivity index (χ2n) is 4.37. The summed E-state index contributed by atoms with van der Waals surface area (Å²) in [6.07, 6.45) is -0.213. The van der Waals surface area contributed by atoms with Gasteiger partial charge >= 0.3 is 0 Å². The molecule has 5 nitrogen and oxygen atoms in total. The molecule has 2 aromatic carbocycles. The number of hydrogen-bond donors (Lipinski definition) is 1. The lowest BCUT2D eigenvalue weighted by molar-refractivity contribution is -0.385. The van der Waals surface area contributed by atoms with E-state index in [9.17, 15) is 10.1 Å². The number of benzene rings is 2. The Labute approximate surface area is 129 Å². The first-order chi connectivity index (χ1) is 9.70. The van der Waals surface area contributed by atoms with Gasteiger partial charge in [0.15, 0.2) is 0 Å². The van der Waals surface area contributed by atoms with Crippen molar-refractivity contribution in [3.8, 4) is 0 Å². The molecular formula is C15H17ClN2O3. The maximum Gasteiger partial charge on any atom is 0.269 e. The van der Waals surface area contributed by atoms with E-state index in [-0.39, 0.29) is 24.2 Å². The Bertz CT molecular complexity index is 578. The topological polar surface area (TPSA) is 78.4 Å². The summed E-state index contributed by atoms with van der Waals surface area (Å²) < 4.78 is 5.75. The highest BCUT2D eigenvalue weighted by Crippen LogP contribution is 2.19. The second-order valence-corrected chi connectivity index (χ2v) is 4.37. The quantitative estimate of drug-likeness (QED) is 0.656. The minimum absolute atomic E-state index is 0. The maximum atomic E-state index is 10.7. The van der Waals surface area contributed by atoms with Crippen molar-refractivity contribution < 1.29 is 9.66 Å². The van der Waals surface area contributed by atoms with Crippen molar-refractivity contribution in [2.24, 2.45) is 5.73 Å². The number of nitrogens with zero attached hydrogens (tertiary/aromatic N) is 1. The fourth-order valence-electron chi connectivity index (χ4n) is 1.92. The van der Waals surface area contributed by atoms with Gasteiger partial charge in [-0.2, -0.15) is 0 Å². The summed E-state index contributed by atoms with van der Waals surface area (Å²) in [6.45, 7) is 0.650. The van der Waals surface area contributed by atoms with Crippen LogP contribution in [0.5, 0.6) is 0 Å². The minimum atomic E-state index is -0.416. The van der Waals surface area contributed by atoms with Gasteiger partial charge in [-0.05, 0) is 11.1 Å². The second kappa shape index (κ2) is 8.36. The molecule has 0 spiro atoms. The number of hydrogen-bond acceptors (Lipinski definition) is 4. The van der Waals surface area contributed by atoms with Gasteiger partial charge in [-0.25, -0.2) is 0 Å². The van der Waals surface area contributed by atoms with E-state index < -0.39 is 4.92 Å². The Morgan fingerprint density at radius 1 is 1.14 bits per heavy atom. The third-order valence-corrected chi connectivity index (χ3v) is 2.96. The first-order valence-electron chi connectivity index (χ1n) is 6.30. The van der Waals surface area contributed by atoms with E-state index in [1.54, 1.807) is 12.1 Å². The van der Waals surface area contributed by atoms with Crippen molar-refractivity contribution in [3.05, 3.63) is 75.8 Å². The zero-order valence-electron chi connectivity index (χ0n) is 11.3. The molecule has 0 aliphatic carbocycles. The van der Waals surface area contributed by atoms with Crippen LogP contribution >= 0.6 is 12.4 Å². The summed E-state index contributed by atoms with van der Waals surface area (Å²) in [4.78, 5) is 10.3. The molecule has 2 aromatic rings. The van der Waals surface area contributed by atoms with E-state index in [0.29, 0.717) is 13.2 Å². The van der Waals surface area contributed by atoms with Crippen LogP contribution in [0.2, 0.25) is 0 Å². The number of nitrogens with two attached hydrogens (primary N) is 1. The van der Waals surface area contributed by atoms with Crippen molar-refractivity contribution in [1.29, 1.82) is 0 Å². The highest BCUT2D eigenvalue weighted by Gasteiger charge is 2.11. The molecule has 2 N–H and O–H groups in total. The third-order valence-electron chi connectivity index (χ3n) is 2.96. The lowest BCUT2D eigenvalue weighted by Gasteiger charge is -2.16. The van der Waals surface area contributed by atoms with Gasteiger partial charge in [0.1, 0.15) is 0 Å². The summed E-state index contributed by atoms with van der Waals surface area (Å²) >= 11 is 0. The normalized spacial score (nSPS) is 11.5. The van der Waals surface area contributed by atoms with Crippen LogP contribution in [0.15, 0.2) is 54.6 Å². The van der Waals surface area contributed by atoms with Crippen LogP contribution in [0.1, 0.15) is 17.2 Å². The summed E-state index contributed by atoms with van der Waals surface area (Å²) in [5, 5.41) is 10.7. The molecule has 1 atom stereocenters. The first-order valence-corrected chi connectivity index (χ1v) is 6.30. The van der Waals surface area contributed by atoms with Crippen LogP contribution in [0.25, 0.3) is 0 Å². The molecule has 0 bridgehead atoms. The molecule has 6 heteroatoms. The number of non-ortho nitro benzene ring substituents is 1. The molecule has 0 aliphatic rings. The van der Waals surface area contributed by atoms with E-state index in [4.69, 9.17) is 10.5 Å². The summed E-state index contributed by atoms with van der Waals surface area (Å²) in [7, 11) is 0. The van der Waals surface area contributed by atoms with E-state index in [2.05, 4.69) is 0 Å². The van der Waals surface area contributed by atoms with Crippen molar-refractivity contribution >= 4 is 18.1 Å². The predicted octanol–water partition coefficient (Wildman–Crippen LogP) is 3.23. The van der Waals surface area contributed by atoms with Crippen LogP contribution in [0, 0.1) is 10.1 Å². The van der Waals surface area contributed by atoms with Gasteiger partial charge in [-0.15, -0.1) is 12.4 Å². The van der Waals surface area contributed by atoms with Crippen molar-refractivity contribution in [3.63, 3.8) is 0 Å². The molecule has 0 heterocycles. The third kappa shape index (κ3) is 4.82. The Hall–Kier alpha value is -1.95. The highest BCUT2D eigenvalue weighted by molar-refractivity contribution is 5.85. The average molecular weight is 309 g/mol. The van der Waals surface area contributed by atoms with Crippen LogP contribution in [-0.2, 0) is 11.3 Å². The smallest absolute Gasteiger partial charge is 0.269 e. The SMILES string of the molecule is Cl.NC[C@H](OCc1cccc([N+](=O)[O-])c1)c1ccccc1. The molecule has 0 aromatic heterocycles. The van der Waals surface area contributed by atoms with Gasteiger partial charge in [0.2, 0.25) is 0 Å².